The predicted molar refractivity (Wildman–Crippen MR) is 115 cm³/mol. The molecule has 0 radical (unpaired) electrons. The number of imidazole rings is 1. The number of aromatic amines is 1. The number of H-pyrrole nitrogens is 1. The number of piperazine rings is 1. The molecule has 1 fully saturated rings. The molecular weight excluding hydrogens is 402 g/mol. The van der Waals surface area contributed by atoms with Crippen molar-refractivity contribution in [3.63, 3.8) is 0 Å². The van der Waals surface area contributed by atoms with Crippen molar-refractivity contribution < 1.29 is 9.53 Å². The number of hydrogen-bond acceptors (Lipinski definition) is 7. The molecule has 2 aromatic heterocycles. The number of aromatic nitrogens is 4. The molecule has 3 aromatic rings. The Kier molecular flexibility index (Phi) is 5.51. The van der Waals surface area contributed by atoms with Crippen LogP contribution in [0.1, 0.15) is 5.82 Å². The van der Waals surface area contributed by atoms with Crippen LogP contribution in [0.3, 0.4) is 0 Å². The minimum Gasteiger partial charge on any atom is -0.497 e. The van der Waals surface area contributed by atoms with Gasteiger partial charge in [0.25, 0.3) is 5.56 Å². The van der Waals surface area contributed by atoms with Crippen LogP contribution in [-0.2, 0) is 24.9 Å². The monoisotopic (exact) mass is 427 g/mol. The second-order valence-corrected chi connectivity index (χ2v) is 7.53. The molecule has 0 atom stereocenters. The Morgan fingerprint density at radius 1 is 1.16 bits per heavy atom. The maximum Gasteiger partial charge on any atom is 0.329 e. The summed E-state index contributed by atoms with van der Waals surface area (Å²) in [5, 5.41) is 0. The summed E-state index contributed by atoms with van der Waals surface area (Å²) in [5.74, 6) is 0.761. The van der Waals surface area contributed by atoms with Crippen molar-refractivity contribution in [3.05, 3.63) is 50.9 Å². The van der Waals surface area contributed by atoms with Crippen molar-refractivity contribution in [1.82, 2.24) is 24.0 Å². The highest BCUT2D eigenvalue weighted by molar-refractivity contribution is 5.78. The van der Waals surface area contributed by atoms with Crippen LogP contribution in [0.4, 0.5) is 5.69 Å². The summed E-state index contributed by atoms with van der Waals surface area (Å²) in [4.78, 5) is 47.2. The van der Waals surface area contributed by atoms with E-state index in [1.807, 2.05) is 24.3 Å². The lowest BCUT2D eigenvalue weighted by molar-refractivity contribution is -0.118. The zero-order valence-corrected chi connectivity index (χ0v) is 17.5. The van der Waals surface area contributed by atoms with Gasteiger partial charge in [-0.05, 0) is 24.3 Å². The molecule has 3 N–H and O–H groups in total. The van der Waals surface area contributed by atoms with Crippen LogP contribution in [0.2, 0.25) is 0 Å². The van der Waals surface area contributed by atoms with E-state index in [9.17, 15) is 14.4 Å². The highest BCUT2D eigenvalue weighted by Crippen LogP contribution is 2.21. The smallest absolute Gasteiger partial charge is 0.329 e. The zero-order valence-electron chi connectivity index (χ0n) is 17.5. The lowest BCUT2D eigenvalue weighted by atomic mass is 10.2. The molecule has 0 bridgehead atoms. The van der Waals surface area contributed by atoms with Gasteiger partial charge >= 0.3 is 5.69 Å². The molecule has 0 aliphatic carbocycles. The molecular formula is C20H25N7O4. The molecule has 1 amide bonds. The summed E-state index contributed by atoms with van der Waals surface area (Å²) >= 11 is 0. The summed E-state index contributed by atoms with van der Waals surface area (Å²) in [7, 11) is 3.17. The number of amides is 1. The molecule has 1 saturated heterocycles. The number of hydrogen-bond donors (Lipinski definition) is 2. The Bertz CT molecular complexity index is 1220. The number of aryl methyl sites for hydroxylation is 1. The molecule has 0 spiro atoms. The number of nitrogens with zero attached hydrogens (tertiary/aromatic N) is 5. The second kappa shape index (κ2) is 8.26. The Labute approximate surface area is 177 Å². The number of rotatable bonds is 6. The minimum absolute atomic E-state index is 0.174. The van der Waals surface area contributed by atoms with Crippen molar-refractivity contribution in [1.29, 1.82) is 0 Å². The Balaban J connectivity index is 1.55. The van der Waals surface area contributed by atoms with Gasteiger partial charge in [-0.2, -0.15) is 0 Å². The van der Waals surface area contributed by atoms with E-state index >= 15 is 0 Å². The van der Waals surface area contributed by atoms with E-state index < -0.39 is 17.2 Å². The minimum atomic E-state index is -0.585. The predicted octanol–water partition coefficient (Wildman–Crippen LogP) is -0.761. The third kappa shape index (κ3) is 4.04. The molecule has 31 heavy (non-hydrogen) atoms. The Morgan fingerprint density at radius 3 is 2.45 bits per heavy atom. The van der Waals surface area contributed by atoms with Gasteiger partial charge in [0.2, 0.25) is 5.91 Å². The second-order valence-electron chi connectivity index (χ2n) is 7.53. The average molecular weight is 427 g/mol. The molecule has 3 heterocycles. The topological polar surface area (TPSA) is 131 Å². The third-order valence-corrected chi connectivity index (χ3v) is 5.57. The summed E-state index contributed by atoms with van der Waals surface area (Å²) < 4.78 is 7.98. The molecule has 0 unspecified atom stereocenters. The van der Waals surface area contributed by atoms with Crippen molar-refractivity contribution in [2.75, 3.05) is 38.2 Å². The van der Waals surface area contributed by atoms with Crippen molar-refractivity contribution in [3.8, 4) is 5.75 Å². The standard InChI is InChI=1S/C20H25N7O4/c1-24-18-17(19(29)23-20(24)30)27(11-15(21)28)16(22-18)12-25-7-9-26(10-8-25)13-3-5-14(31-2)6-4-13/h3-6H,7-12H2,1-2H3,(H2,21,28)(H,23,29,30). The molecule has 11 nitrogen and oxygen atoms in total. The van der Waals surface area contributed by atoms with Crippen LogP contribution >= 0.6 is 0 Å². The number of methoxy groups -OCH3 is 1. The summed E-state index contributed by atoms with van der Waals surface area (Å²) in [6.45, 7) is 3.45. The fourth-order valence-electron chi connectivity index (χ4n) is 3.88. The van der Waals surface area contributed by atoms with Crippen LogP contribution in [0.25, 0.3) is 11.2 Å². The van der Waals surface area contributed by atoms with Gasteiger partial charge in [0, 0.05) is 38.9 Å². The number of anilines is 1. The zero-order chi connectivity index (χ0) is 22.1. The fraction of sp³-hybridized carbons (Fsp3) is 0.400. The van der Waals surface area contributed by atoms with Crippen LogP contribution < -0.4 is 26.6 Å². The molecule has 1 aromatic carbocycles. The van der Waals surface area contributed by atoms with E-state index in [-0.39, 0.29) is 17.7 Å². The Hall–Kier alpha value is -3.60. The van der Waals surface area contributed by atoms with E-state index in [0.717, 1.165) is 37.6 Å². The highest BCUT2D eigenvalue weighted by atomic mass is 16.5. The van der Waals surface area contributed by atoms with Gasteiger partial charge in [-0.1, -0.05) is 0 Å². The number of nitrogens with two attached hydrogens (primary N) is 1. The normalized spacial score (nSPS) is 14.8. The van der Waals surface area contributed by atoms with E-state index in [4.69, 9.17) is 10.5 Å². The van der Waals surface area contributed by atoms with Gasteiger partial charge < -0.3 is 19.9 Å². The first-order chi connectivity index (χ1) is 14.9. The molecule has 4 rings (SSSR count). The first kappa shape index (κ1) is 20.7. The maximum absolute atomic E-state index is 12.4. The van der Waals surface area contributed by atoms with Gasteiger partial charge in [-0.15, -0.1) is 0 Å². The summed E-state index contributed by atoms with van der Waals surface area (Å²) in [6, 6.07) is 7.95. The van der Waals surface area contributed by atoms with Crippen LogP contribution in [0.5, 0.6) is 5.75 Å². The number of ether oxygens (including phenoxy) is 1. The molecule has 0 saturated carbocycles. The first-order valence-corrected chi connectivity index (χ1v) is 9.95. The van der Waals surface area contributed by atoms with Gasteiger partial charge in [-0.25, -0.2) is 9.78 Å². The SMILES string of the molecule is COc1ccc(N2CCN(Cc3nc4c(c(=O)[nH]c(=O)n4C)n3CC(N)=O)CC2)cc1. The van der Waals surface area contributed by atoms with Crippen LogP contribution in [0.15, 0.2) is 33.9 Å². The molecule has 11 heteroatoms. The van der Waals surface area contributed by atoms with Crippen molar-refractivity contribution >= 4 is 22.8 Å². The number of primary amides is 1. The largest absolute Gasteiger partial charge is 0.497 e. The van der Waals surface area contributed by atoms with Crippen LogP contribution in [0, 0.1) is 0 Å². The Morgan fingerprint density at radius 2 is 1.84 bits per heavy atom. The van der Waals surface area contributed by atoms with Crippen molar-refractivity contribution in [2.24, 2.45) is 12.8 Å². The average Bonchev–Trinajstić information content (AvgIpc) is 3.10. The number of benzene rings is 1. The summed E-state index contributed by atoms with van der Waals surface area (Å²) in [5.41, 5.74) is 5.80. The third-order valence-electron chi connectivity index (χ3n) is 5.57. The highest BCUT2D eigenvalue weighted by Gasteiger charge is 2.23. The van der Waals surface area contributed by atoms with E-state index in [1.165, 1.54) is 16.2 Å². The quantitative estimate of drug-likeness (QED) is 0.529. The lowest BCUT2D eigenvalue weighted by Crippen LogP contribution is -2.46. The number of nitrogens with one attached hydrogen (secondary N) is 1. The number of carbonyl (C=O) groups excluding carboxylic acids is 1. The molecule has 1 aliphatic rings. The van der Waals surface area contributed by atoms with Gasteiger partial charge in [0.1, 0.15) is 18.1 Å². The molecule has 1 aliphatic heterocycles. The summed E-state index contributed by atoms with van der Waals surface area (Å²) in [6.07, 6.45) is 0. The van der Waals surface area contributed by atoms with E-state index in [2.05, 4.69) is 19.8 Å². The van der Waals surface area contributed by atoms with Crippen LogP contribution in [-0.4, -0.2) is 63.2 Å². The maximum atomic E-state index is 12.4. The van der Waals surface area contributed by atoms with Crippen molar-refractivity contribution in [2.45, 2.75) is 13.1 Å². The first-order valence-electron chi connectivity index (χ1n) is 9.95. The lowest BCUT2D eigenvalue weighted by Gasteiger charge is -2.36. The number of fused-ring (bicyclic) bond motifs is 1. The fourth-order valence-corrected chi connectivity index (χ4v) is 3.88. The van der Waals surface area contributed by atoms with Gasteiger partial charge in [0.05, 0.1) is 13.7 Å². The van der Waals surface area contributed by atoms with Gasteiger partial charge in [-0.3, -0.25) is 24.0 Å². The number of carbonyl (C=O) groups is 1. The van der Waals surface area contributed by atoms with Gasteiger partial charge in [0.15, 0.2) is 11.2 Å². The van der Waals surface area contributed by atoms with E-state index in [1.54, 1.807) is 7.11 Å². The van der Waals surface area contributed by atoms with E-state index in [0.29, 0.717) is 12.4 Å². The molecule has 164 valence electrons.